The van der Waals surface area contributed by atoms with Crippen LogP contribution in [0.25, 0.3) is 10.2 Å². The lowest BCUT2D eigenvalue weighted by atomic mass is 10.2. The fourth-order valence-electron chi connectivity index (χ4n) is 3.28. The van der Waals surface area contributed by atoms with Gasteiger partial charge in [-0.05, 0) is 63.3 Å². The van der Waals surface area contributed by atoms with Crippen molar-refractivity contribution >= 4 is 54.0 Å². The molecule has 7 nitrogen and oxygen atoms in total. The Morgan fingerprint density at radius 2 is 1.82 bits per heavy atom. The number of nitrogens with zero attached hydrogens (tertiary/aromatic N) is 3. The number of halogens is 1. The van der Waals surface area contributed by atoms with Gasteiger partial charge in [-0.25, -0.2) is 13.4 Å². The number of methoxy groups -OCH3 is 1. The molecular formula is C23H28ClN3O4S2. The molecule has 3 rings (SSSR count). The van der Waals surface area contributed by atoms with E-state index in [9.17, 15) is 13.2 Å². The smallest absolute Gasteiger partial charge is 0.228 e. The molecule has 0 aliphatic heterocycles. The van der Waals surface area contributed by atoms with Gasteiger partial charge in [-0.3, -0.25) is 9.69 Å². The van der Waals surface area contributed by atoms with Crippen LogP contribution in [0.1, 0.15) is 18.4 Å². The van der Waals surface area contributed by atoms with Crippen LogP contribution < -0.4 is 9.64 Å². The second-order valence-electron chi connectivity index (χ2n) is 7.99. The van der Waals surface area contributed by atoms with Crippen LogP contribution in [0.2, 0.25) is 5.02 Å². The number of amides is 1. The third-order valence-electron chi connectivity index (χ3n) is 5.21. The fourth-order valence-corrected chi connectivity index (χ4v) is 5.95. The highest BCUT2D eigenvalue weighted by Crippen LogP contribution is 2.35. The largest absolute Gasteiger partial charge is 0.497 e. The summed E-state index contributed by atoms with van der Waals surface area (Å²) in [5, 5.41) is 1.18. The second kappa shape index (κ2) is 10.8. The van der Waals surface area contributed by atoms with E-state index in [1.54, 1.807) is 17.0 Å². The monoisotopic (exact) mass is 509 g/mol. The number of likely N-dealkylation sites (N-methyl/N-ethyl adjacent to an activating group) is 1. The highest BCUT2D eigenvalue weighted by atomic mass is 35.5. The van der Waals surface area contributed by atoms with Crippen molar-refractivity contribution in [2.45, 2.75) is 24.7 Å². The number of aryl methyl sites for hydroxylation is 1. The van der Waals surface area contributed by atoms with Crippen molar-refractivity contribution in [3.05, 3.63) is 47.0 Å². The Hall–Kier alpha value is -2.20. The molecule has 0 spiro atoms. The predicted octanol–water partition coefficient (Wildman–Crippen LogP) is 4.42. The van der Waals surface area contributed by atoms with Crippen molar-refractivity contribution in [1.82, 2.24) is 9.88 Å². The first-order chi connectivity index (χ1) is 15.6. The van der Waals surface area contributed by atoms with Crippen molar-refractivity contribution in [2.24, 2.45) is 0 Å². The van der Waals surface area contributed by atoms with E-state index < -0.39 is 9.84 Å². The van der Waals surface area contributed by atoms with E-state index in [0.29, 0.717) is 29.0 Å². The topological polar surface area (TPSA) is 79.8 Å². The third-order valence-corrected chi connectivity index (χ3v) is 8.57. The summed E-state index contributed by atoms with van der Waals surface area (Å²) in [6.07, 6.45) is 0.321. The molecule has 10 heteroatoms. The minimum atomic E-state index is -3.49. The van der Waals surface area contributed by atoms with Crippen molar-refractivity contribution in [2.75, 3.05) is 44.9 Å². The molecule has 0 fully saturated rings. The summed E-state index contributed by atoms with van der Waals surface area (Å²) >= 11 is 7.73. The van der Waals surface area contributed by atoms with Gasteiger partial charge in [0.1, 0.15) is 5.75 Å². The molecule has 0 bridgehead atoms. The van der Waals surface area contributed by atoms with Crippen LogP contribution >= 0.6 is 22.9 Å². The van der Waals surface area contributed by atoms with E-state index in [2.05, 4.69) is 4.98 Å². The minimum absolute atomic E-state index is 0.103. The van der Waals surface area contributed by atoms with Crippen molar-refractivity contribution < 1.29 is 17.9 Å². The highest BCUT2D eigenvalue weighted by molar-refractivity contribution is 7.91. The minimum Gasteiger partial charge on any atom is -0.497 e. The van der Waals surface area contributed by atoms with Gasteiger partial charge in [-0.1, -0.05) is 29.0 Å². The van der Waals surface area contributed by atoms with E-state index in [1.807, 2.05) is 38.1 Å². The molecule has 0 aliphatic carbocycles. The van der Waals surface area contributed by atoms with Crippen molar-refractivity contribution in [3.8, 4) is 5.75 Å². The lowest BCUT2D eigenvalue weighted by Gasteiger charge is -2.22. The number of benzene rings is 2. The predicted molar refractivity (Wildman–Crippen MR) is 135 cm³/mol. The summed E-state index contributed by atoms with van der Waals surface area (Å²) in [5.41, 5.74) is 1.77. The number of ether oxygens (including phenoxy) is 1. The molecule has 178 valence electrons. The first-order valence-corrected chi connectivity index (χ1v) is 13.3. The molecule has 1 aromatic heterocycles. The maximum absolute atomic E-state index is 13.1. The summed E-state index contributed by atoms with van der Waals surface area (Å²) in [6.45, 7) is 3.06. The van der Waals surface area contributed by atoms with E-state index in [-0.39, 0.29) is 29.4 Å². The number of aromatic nitrogens is 1. The molecular weight excluding hydrogens is 482 g/mol. The van der Waals surface area contributed by atoms with E-state index in [0.717, 1.165) is 15.8 Å². The summed E-state index contributed by atoms with van der Waals surface area (Å²) in [4.78, 5) is 21.7. The number of hydrogen-bond donors (Lipinski definition) is 0. The fraction of sp³-hybridized carbons (Fsp3) is 0.391. The van der Waals surface area contributed by atoms with Gasteiger partial charge in [0.15, 0.2) is 15.0 Å². The van der Waals surface area contributed by atoms with Gasteiger partial charge >= 0.3 is 0 Å². The number of hydrogen-bond acceptors (Lipinski definition) is 7. The van der Waals surface area contributed by atoms with Crippen LogP contribution in [0.15, 0.2) is 41.3 Å². The average Bonchev–Trinajstić information content (AvgIpc) is 3.22. The summed E-state index contributed by atoms with van der Waals surface area (Å²) in [5.74, 6) is 0.318. The van der Waals surface area contributed by atoms with E-state index >= 15 is 0 Å². The van der Waals surface area contributed by atoms with Gasteiger partial charge in [-0.15, -0.1) is 0 Å². The Morgan fingerprint density at radius 1 is 1.12 bits per heavy atom. The average molecular weight is 510 g/mol. The van der Waals surface area contributed by atoms with Gasteiger partial charge in [0.05, 0.1) is 33.0 Å². The Balaban J connectivity index is 1.74. The molecule has 1 heterocycles. The van der Waals surface area contributed by atoms with Crippen LogP contribution in [0.4, 0.5) is 5.13 Å². The van der Waals surface area contributed by atoms with Gasteiger partial charge < -0.3 is 9.64 Å². The van der Waals surface area contributed by atoms with Gasteiger partial charge in [0.2, 0.25) is 5.91 Å². The van der Waals surface area contributed by atoms with Crippen molar-refractivity contribution in [1.29, 1.82) is 0 Å². The third kappa shape index (κ3) is 6.23. The molecule has 2 aromatic carbocycles. The van der Waals surface area contributed by atoms with Crippen LogP contribution in [-0.4, -0.2) is 64.3 Å². The number of carbonyl (C=O) groups excluding carboxylic acids is 1. The summed E-state index contributed by atoms with van der Waals surface area (Å²) < 4.78 is 31.2. The van der Waals surface area contributed by atoms with Gasteiger partial charge in [0.25, 0.3) is 0 Å². The SMILES string of the molecule is COc1ccc(S(=O)(=O)CCCC(=O)N(CCN(C)C)c2nc3c(C)ccc(Cl)c3s2)cc1. The Kier molecular flexibility index (Phi) is 8.33. The molecule has 1 amide bonds. The number of fused-ring (bicyclic) bond motifs is 1. The number of sulfone groups is 1. The van der Waals surface area contributed by atoms with Crippen LogP contribution in [-0.2, 0) is 14.6 Å². The zero-order valence-corrected chi connectivity index (χ0v) is 21.6. The van der Waals surface area contributed by atoms with Crippen LogP contribution in [0.5, 0.6) is 5.75 Å². The summed E-state index contributed by atoms with van der Waals surface area (Å²) in [6, 6.07) is 10.0. The molecule has 3 aromatic rings. The van der Waals surface area contributed by atoms with E-state index in [4.69, 9.17) is 16.3 Å². The highest BCUT2D eigenvalue weighted by Gasteiger charge is 2.22. The lowest BCUT2D eigenvalue weighted by molar-refractivity contribution is -0.118. The first-order valence-electron chi connectivity index (χ1n) is 10.5. The number of anilines is 1. The Labute approximate surface area is 203 Å². The maximum Gasteiger partial charge on any atom is 0.228 e. The normalized spacial score (nSPS) is 11.8. The lowest BCUT2D eigenvalue weighted by Crippen LogP contribution is -2.36. The Bertz CT molecular complexity index is 1190. The number of thiazole rings is 1. The summed E-state index contributed by atoms with van der Waals surface area (Å²) in [7, 11) is 1.90. The van der Waals surface area contributed by atoms with Crippen LogP contribution in [0, 0.1) is 6.92 Å². The molecule has 0 N–H and O–H groups in total. The molecule has 0 saturated carbocycles. The van der Waals surface area contributed by atoms with Gasteiger partial charge in [-0.2, -0.15) is 0 Å². The van der Waals surface area contributed by atoms with Crippen LogP contribution in [0.3, 0.4) is 0 Å². The number of rotatable bonds is 10. The Morgan fingerprint density at radius 3 is 2.42 bits per heavy atom. The standard InChI is InChI=1S/C23H28ClN3O4S2/c1-16-7-12-19(24)22-21(16)25-23(32-22)27(14-13-26(2)3)20(28)6-5-15-33(29,30)18-10-8-17(31-4)9-11-18/h7-12H,5-6,13-15H2,1-4H3. The molecule has 33 heavy (non-hydrogen) atoms. The molecule has 0 unspecified atom stereocenters. The maximum atomic E-state index is 13.1. The second-order valence-corrected chi connectivity index (χ2v) is 11.5. The zero-order chi connectivity index (χ0) is 24.2. The van der Waals surface area contributed by atoms with E-state index in [1.165, 1.54) is 30.6 Å². The zero-order valence-electron chi connectivity index (χ0n) is 19.2. The van der Waals surface area contributed by atoms with Gasteiger partial charge in [0, 0.05) is 19.5 Å². The van der Waals surface area contributed by atoms with Crippen molar-refractivity contribution in [3.63, 3.8) is 0 Å². The quantitative estimate of drug-likeness (QED) is 0.402. The first kappa shape index (κ1) is 25.4. The molecule has 0 radical (unpaired) electrons. The molecule has 0 atom stereocenters. The number of carbonyl (C=O) groups is 1. The molecule has 0 saturated heterocycles. The molecule has 0 aliphatic rings.